The van der Waals surface area contributed by atoms with E-state index in [1.165, 1.54) is 16.1 Å². The highest BCUT2D eigenvalue weighted by Gasteiger charge is 1.98. The molecule has 0 aliphatic carbocycles. The standard InChI is InChI=1S/C8H11N.C6H9NS.C6H7N.C2H6/c1-7(2)8-3-5-9-6-4-8;1-5(2)6-7-3-4-8-6;1-6-3-2-4-7-5-6;1-2/h3-7H,1-2H3;3-5H,1-2H3;2-5H,1H3;1-2H3. The number of pyridine rings is 2. The average molecular weight is 372 g/mol. The van der Waals surface area contributed by atoms with E-state index in [2.05, 4.69) is 42.6 Å². The summed E-state index contributed by atoms with van der Waals surface area (Å²) in [6.07, 6.45) is 9.11. The lowest BCUT2D eigenvalue weighted by Crippen LogP contribution is -1.85. The van der Waals surface area contributed by atoms with Crippen molar-refractivity contribution in [3.05, 3.63) is 76.8 Å². The summed E-state index contributed by atoms with van der Waals surface area (Å²) in [6.45, 7) is 14.7. The van der Waals surface area contributed by atoms with Crippen LogP contribution in [0.25, 0.3) is 0 Å². The molecule has 0 fully saturated rings. The first-order valence-electron chi connectivity index (χ1n) is 9.16. The van der Waals surface area contributed by atoms with Crippen LogP contribution >= 0.6 is 11.3 Å². The predicted molar refractivity (Wildman–Crippen MR) is 115 cm³/mol. The molecule has 0 amide bonds. The molecule has 3 aromatic rings. The Balaban J connectivity index is 0.000000346. The van der Waals surface area contributed by atoms with Gasteiger partial charge in [-0.1, -0.05) is 47.6 Å². The molecule has 0 radical (unpaired) electrons. The van der Waals surface area contributed by atoms with Crippen LogP contribution in [0, 0.1) is 6.92 Å². The Bertz CT molecular complexity index is 636. The molecule has 0 atom stereocenters. The summed E-state index contributed by atoms with van der Waals surface area (Å²) in [5.41, 5.74) is 2.56. The van der Waals surface area contributed by atoms with Gasteiger partial charge in [-0.25, -0.2) is 4.98 Å². The van der Waals surface area contributed by atoms with Crippen LogP contribution in [-0.4, -0.2) is 15.0 Å². The fourth-order valence-corrected chi connectivity index (χ4v) is 2.37. The minimum Gasteiger partial charge on any atom is -0.265 e. The first-order chi connectivity index (χ1) is 12.5. The Hall–Kier alpha value is -2.07. The van der Waals surface area contributed by atoms with Gasteiger partial charge in [0.15, 0.2) is 0 Å². The number of aryl methyl sites for hydroxylation is 1. The molecular weight excluding hydrogens is 338 g/mol. The molecule has 0 saturated carbocycles. The van der Waals surface area contributed by atoms with Gasteiger partial charge in [0.25, 0.3) is 0 Å². The molecule has 0 aliphatic heterocycles. The predicted octanol–water partition coefficient (Wildman–Crippen LogP) is 6.89. The van der Waals surface area contributed by atoms with E-state index < -0.39 is 0 Å². The number of rotatable bonds is 2. The number of thiazole rings is 1. The lowest BCUT2D eigenvalue weighted by Gasteiger charge is -2.01. The van der Waals surface area contributed by atoms with Gasteiger partial charge in [0.2, 0.25) is 0 Å². The molecule has 0 aliphatic rings. The Morgan fingerprint density at radius 1 is 0.808 bits per heavy atom. The van der Waals surface area contributed by atoms with Crippen LogP contribution in [0.1, 0.15) is 69.5 Å². The third-order valence-corrected chi connectivity index (χ3v) is 4.20. The molecule has 3 nitrogen and oxygen atoms in total. The van der Waals surface area contributed by atoms with Crippen molar-refractivity contribution in [1.82, 2.24) is 15.0 Å². The summed E-state index contributed by atoms with van der Waals surface area (Å²) >= 11 is 1.72. The van der Waals surface area contributed by atoms with Crippen LogP contribution in [0.15, 0.2) is 60.6 Å². The Morgan fingerprint density at radius 3 is 1.73 bits per heavy atom. The molecule has 0 spiro atoms. The first-order valence-corrected chi connectivity index (χ1v) is 10.0. The van der Waals surface area contributed by atoms with E-state index in [1.54, 1.807) is 17.5 Å². The second kappa shape index (κ2) is 15.2. The second-order valence-electron chi connectivity index (χ2n) is 5.99. The summed E-state index contributed by atoms with van der Waals surface area (Å²) in [6, 6.07) is 8.04. The number of aromatic nitrogens is 3. The highest BCUT2D eigenvalue weighted by atomic mass is 32.1. The highest BCUT2D eigenvalue weighted by Crippen LogP contribution is 2.15. The van der Waals surface area contributed by atoms with E-state index >= 15 is 0 Å². The summed E-state index contributed by atoms with van der Waals surface area (Å²) in [4.78, 5) is 11.9. The van der Waals surface area contributed by atoms with Crippen LogP contribution in [0.4, 0.5) is 0 Å². The normalized spacial score (nSPS) is 9.27. The molecule has 3 rings (SSSR count). The van der Waals surface area contributed by atoms with Crippen molar-refractivity contribution in [1.29, 1.82) is 0 Å². The van der Waals surface area contributed by atoms with Crippen LogP contribution < -0.4 is 0 Å². The van der Waals surface area contributed by atoms with Gasteiger partial charge in [0, 0.05) is 42.3 Å². The molecule has 142 valence electrons. The molecule has 0 bridgehead atoms. The fourth-order valence-electron chi connectivity index (χ4n) is 1.72. The van der Waals surface area contributed by atoms with Gasteiger partial charge in [-0.3, -0.25) is 9.97 Å². The van der Waals surface area contributed by atoms with Crippen LogP contribution in [0.5, 0.6) is 0 Å². The molecule has 0 saturated heterocycles. The fraction of sp³-hybridized carbons (Fsp3) is 0.409. The van der Waals surface area contributed by atoms with Crippen LogP contribution in [-0.2, 0) is 0 Å². The van der Waals surface area contributed by atoms with Gasteiger partial charge < -0.3 is 0 Å². The first kappa shape index (κ1) is 23.9. The van der Waals surface area contributed by atoms with Gasteiger partial charge in [0.05, 0.1) is 5.01 Å². The van der Waals surface area contributed by atoms with Gasteiger partial charge in [-0.2, -0.15) is 0 Å². The van der Waals surface area contributed by atoms with E-state index in [-0.39, 0.29) is 0 Å². The molecule has 4 heteroatoms. The van der Waals surface area contributed by atoms with Gasteiger partial charge in [0.1, 0.15) is 0 Å². The Morgan fingerprint density at radius 2 is 1.46 bits per heavy atom. The minimum atomic E-state index is 0.593. The van der Waals surface area contributed by atoms with Gasteiger partial charge in [-0.05, 0) is 42.2 Å². The zero-order chi connectivity index (χ0) is 19.8. The maximum atomic E-state index is 4.13. The molecule has 3 aromatic heterocycles. The number of hydrogen-bond donors (Lipinski definition) is 0. The molecule has 0 unspecified atom stereocenters. The zero-order valence-corrected chi connectivity index (χ0v) is 18.0. The number of hydrogen-bond acceptors (Lipinski definition) is 4. The number of nitrogens with zero attached hydrogens (tertiary/aromatic N) is 3. The Labute approximate surface area is 163 Å². The molecule has 0 aromatic carbocycles. The van der Waals surface area contributed by atoms with Crippen LogP contribution in [0.2, 0.25) is 0 Å². The average Bonchev–Trinajstić information content (AvgIpc) is 3.21. The molecule has 3 heterocycles. The summed E-state index contributed by atoms with van der Waals surface area (Å²) in [5.74, 6) is 1.21. The van der Waals surface area contributed by atoms with Gasteiger partial charge in [-0.15, -0.1) is 11.3 Å². The second-order valence-corrected chi connectivity index (χ2v) is 6.92. The lowest BCUT2D eigenvalue weighted by atomic mass is 10.1. The summed E-state index contributed by atoms with van der Waals surface area (Å²) in [7, 11) is 0. The van der Waals surface area contributed by atoms with E-state index in [1.807, 2.05) is 75.2 Å². The van der Waals surface area contributed by atoms with Crippen molar-refractivity contribution in [2.45, 2.75) is 60.3 Å². The van der Waals surface area contributed by atoms with Gasteiger partial charge >= 0.3 is 0 Å². The third-order valence-electron chi connectivity index (χ3n) is 3.13. The highest BCUT2D eigenvalue weighted by molar-refractivity contribution is 7.09. The van der Waals surface area contributed by atoms with Crippen molar-refractivity contribution < 1.29 is 0 Å². The topological polar surface area (TPSA) is 38.7 Å². The summed E-state index contributed by atoms with van der Waals surface area (Å²) < 4.78 is 0. The van der Waals surface area contributed by atoms with Crippen molar-refractivity contribution in [3.63, 3.8) is 0 Å². The Kier molecular flexibility index (Phi) is 14.0. The lowest BCUT2D eigenvalue weighted by molar-refractivity contribution is 0.852. The van der Waals surface area contributed by atoms with Crippen molar-refractivity contribution in [2.24, 2.45) is 0 Å². The largest absolute Gasteiger partial charge is 0.265 e. The zero-order valence-electron chi connectivity index (χ0n) is 17.2. The van der Waals surface area contributed by atoms with Crippen molar-refractivity contribution in [3.8, 4) is 0 Å². The minimum absolute atomic E-state index is 0.593. The van der Waals surface area contributed by atoms with Crippen LogP contribution in [0.3, 0.4) is 0 Å². The maximum absolute atomic E-state index is 4.13. The smallest absolute Gasteiger partial charge is 0.0950 e. The summed E-state index contributed by atoms with van der Waals surface area (Å²) in [5, 5.41) is 3.24. The van der Waals surface area contributed by atoms with E-state index in [0.29, 0.717) is 11.8 Å². The molecule has 0 N–H and O–H groups in total. The van der Waals surface area contributed by atoms with E-state index in [9.17, 15) is 0 Å². The quantitative estimate of drug-likeness (QED) is 0.492. The van der Waals surface area contributed by atoms with E-state index in [4.69, 9.17) is 0 Å². The van der Waals surface area contributed by atoms with Crippen molar-refractivity contribution in [2.75, 3.05) is 0 Å². The SMILES string of the molecule is CC.CC(C)c1ccncc1.CC(C)c1nccs1.Cc1cccnc1. The molecule has 26 heavy (non-hydrogen) atoms. The van der Waals surface area contributed by atoms with Crippen molar-refractivity contribution >= 4 is 11.3 Å². The maximum Gasteiger partial charge on any atom is 0.0950 e. The third kappa shape index (κ3) is 11.5. The molecular formula is C22H33N3S. The monoisotopic (exact) mass is 371 g/mol. The van der Waals surface area contributed by atoms with E-state index in [0.717, 1.165) is 0 Å².